The molecule has 0 fully saturated rings. The Morgan fingerprint density at radius 1 is 1.24 bits per heavy atom. The summed E-state index contributed by atoms with van der Waals surface area (Å²) in [5.74, 6) is -3.44. The summed E-state index contributed by atoms with van der Waals surface area (Å²) in [6.07, 6.45) is -0.802. The van der Waals surface area contributed by atoms with Crippen molar-refractivity contribution in [1.82, 2.24) is 0 Å². The minimum atomic E-state index is -1.12. The average Bonchev–Trinajstić information content (AvgIpc) is 2.20. The van der Waals surface area contributed by atoms with E-state index in [1.54, 1.807) is 13.8 Å². The van der Waals surface area contributed by atoms with E-state index >= 15 is 0 Å². The Balaban J connectivity index is 2.70. The van der Waals surface area contributed by atoms with Crippen LogP contribution in [0.1, 0.15) is 30.6 Å². The summed E-state index contributed by atoms with van der Waals surface area (Å²) in [5, 5.41) is 0. The predicted octanol–water partition coefficient (Wildman–Crippen LogP) is 2.49. The lowest BCUT2D eigenvalue weighted by Gasteiger charge is -2.07. The van der Waals surface area contributed by atoms with E-state index in [4.69, 9.17) is 4.74 Å². The van der Waals surface area contributed by atoms with E-state index in [0.29, 0.717) is 0 Å². The van der Waals surface area contributed by atoms with Crippen LogP contribution in [0.3, 0.4) is 0 Å². The normalized spacial score (nSPS) is 10.4. The maximum absolute atomic E-state index is 12.8. The van der Waals surface area contributed by atoms with Gasteiger partial charge in [-0.15, -0.1) is 0 Å². The van der Waals surface area contributed by atoms with Crippen molar-refractivity contribution < 1.29 is 23.1 Å². The van der Waals surface area contributed by atoms with E-state index < -0.39 is 29.8 Å². The van der Waals surface area contributed by atoms with Gasteiger partial charge in [0.15, 0.2) is 17.4 Å². The molecule has 92 valence electrons. The third-order valence-electron chi connectivity index (χ3n) is 1.91. The summed E-state index contributed by atoms with van der Waals surface area (Å²) in [6, 6.07) is 2.74. The van der Waals surface area contributed by atoms with Gasteiger partial charge in [0.1, 0.15) is 6.42 Å². The van der Waals surface area contributed by atoms with Gasteiger partial charge in [-0.3, -0.25) is 9.59 Å². The van der Waals surface area contributed by atoms with Gasteiger partial charge in [-0.1, -0.05) is 0 Å². The van der Waals surface area contributed by atoms with Gasteiger partial charge in [-0.05, 0) is 32.0 Å². The second-order valence-electron chi connectivity index (χ2n) is 3.77. The van der Waals surface area contributed by atoms with Gasteiger partial charge in [0.25, 0.3) is 0 Å². The van der Waals surface area contributed by atoms with Crippen molar-refractivity contribution >= 4 is 11.8 Å². The fourth-order valence-corrected chi connectivity index (χ4v) is 1.21. The molecule has 0 unspecified atom stereocenters. The third-order valence-corrected chi connectivity index (χ3v) is 1.91. The highest BCUT2D eigenvalue weighted by Crippen LogP contribution is 2.11. The number of carbonyl (C=O) groups is 2. The van der Waals surface area contributed by atoms with Crippen molar-refractivity contribution in [2.24, 2.45) is 0 Å². The molecule has 1 aromatic carbocycles. The van der Waals surface area contributed by atoms with Gasteiger partial charge in [0.2, 0.25) is 0 Å². The van der Waals surface area contributed by atoms with Crippen molar-refractivity contribution in [3.63, 3.8) is 0 Å². The van der Waals surface area contributed by atoms with E-state index in [-0.39, 0.29) is 11.7 Å². The molecule has 0 saturated carbocycles. The Bertz CT molecular complexity index is 441. The number of ether oxygens (including phenoxy) is 1. The lowest BCUT2D eigenvalue weighted by Crippen LogP contribution is -2.15. The molecular weight excluding hydrogens is 230 g/mol. The lowest BCUT2D eigenvalue weighted by atomic mass is 10.1. The molecule has 1 rings (SSSR count). The molecule has 0 atom stereocenters. The Morgan fingerprint density at radius 3 is 2.41 bits per heavy atom. The highest BCUT2D eigenvalue weighted by atomic mass is 19.2. The van der Waals surface area contributed by atoms with Gasteiger partial charge >= 0.3 is 5.97 Å². The van der Waals surface area contributed by atoms with E-state index in [1.807, 2.05) is 0 Å². The van der Waals surface area contributed by atoms with Crippen molar-refractivity contribution in [3.8, 4) is 0 Å². The zero-order chi connectivity index (χ0) is 13.0. The Hall–Kier alpha value is -1.78. The van der Waals surface area contributed by atoms with Crippen LogP contribution in [-0.2, 0) is 9.53 Å². The van der Waals surface area contributed by atoms with Crippen LogP contribution < -0.4 is 0 Å². The molecule has 3 nitrogen and oxygen atoms in total. The molecule has 0 saturated heterocycles. The van der Waals surface area contributed by atoms with Crippen molar-refractivity contribution in [2.75, 3.05) is 0 Å². The van der Waals surface area contributed by atoms with Crippen molar-refractivity contribution in [1.29, 1.82) is 0 Å². The van der Waals surface area contributed by atoms with Crippen molar-refractivity contribution in [3.05, 3.63) is 35.4 Å². The summed E-state index contributed by atoms with van der Waals surface area (Å²) in [6.45, 7) is 3.31. The fraction of sp³-hybridized carbons (Fsp3) is 0.333. The zero-order valence-corrected chi connectivity index (χ0v) is 9.50. The first kappa shape index (κ1) is 13.3. The van der Waals surface area contributed by atoms with Crippen LogP contribution in [0.25, 0.3) is 0 Å². The van der Waals surface area contributed by atoms with Crippen LogP contribution in [0.4, 0.5) is 8.78 Å². The molecule has 0 aliphatic rings. The number of esters is 1. The van der Waals surface area contributed by atoms with Crippen LogP contribution in [0.2, 0.25) is 0 Å². The molecule has 0 spiro atoms. The van der Waals surface area contributed by atoms with E-state index in [0.717, 1.165) is 18.2 Å². The summed E-state index contributed by atoms with van der Waals surface area (Å²) < 4.78 is 30.2. The van der Waals surface area contributed by atoms with Crippen LogP contribution in [0, 0.1) is 11.6 Å². The third kappa shape index (κ3) is 3.94. The molecular formula is C12H12F2O3. The number of hydrogen-bond donors (Lipinski definition) is 0. The number of benzene rings is 1. The van der Waals surface area contributed by atoms with Crippen LogP contribution >= 0.6 is 0 Å². The summed E-state index contributed by atoms with van der Waals surface area (Å²) in [4.78, 5) is 22.7. The number of halogens is 2. The van der Waals surface area contributed by atoms with Crippen LogP contribution in [0.15, 0.2) is 18.2 Å². The van der Waals surface area contributed by atoms with E-state index in [1.165, 1.54) is 0 Å². The lowest BCUT2D eigenvalue weighted by molar-refractivity contribution is -0.146. The maximum Gasteiger partial charge on any atom is 0.313 e. The standard InChI is InChI=1S/C12H12F2O3/c1-7(2)17-12(16)6-11(15)8-3-4-9(13)10(14)5-8/h3-5,7H,6H2,1-2H3. The highest BCUT2D eigenvalue weighted by molar-refractivity contribution is 6.05. The number of hydrogen-bond acceptors (Lipinski definition) is 3. The Morgan fingerprint density at radius 2 is 1.88 bits per heavy atom. The monoisotopic (exact) mass is 242 g/mol. The van der Waals surface area contributed by atoms with E-state index in [2.05, 4.69) is 0 Å². The number of ketones is 1. The second kappa shape index (κ2) is 5.52. The minimum Gasteiger partial charge on any atom is -0.463 e. The largest absolute Gasteiger partial charge is 0.463 e. The second-order valence-corrected chi connectivity index (χ2v) is 3.77. The Kier molecular flexibility index (Phi) is 4.31. The summed E-state index contributed by atoms with van der Waals surface area (Å²) in [7, 11) is 0. The highest BCUT2D eigenvalue weighted by Gasteiger charge is 2.15. The van der Waals surface area contributed by atoms with E-state index in [9.17, 15) is 18.4 Å². The Labute approximate surface area is 97.4 Å². The molecule has 5 heteroatoms. The van der Waals surface area contributed by atoms with Gasteiger partial charge in [0, 0.05) is 5.56 Å². The fourth-order valence-electron chi connectivity index (χ4n) is 1.21. The predicted molar refractivity (Wildman–Crippen MR) is 56.5 cm³/mol. The summed E-state index contributed by atoms with van der Waals surface area (Å²) in [5.41, 5.74) is -0.0513. The number of Topliss-reactive ketones (excluding diaryl/α,β-unsaturated/α-hetero) is 1. The topological polar surface area (TPSA) is 43.4 Å². The number of rotatable bonds is 4. The smallest absolute Gasteiger partial charge is 0.313 e. The van der Waals surface area contributed by atoms with Gasteiger partial charge in [-0.2, -0.15) is 0 Å². The molecule has 1 aromatic rings. The molecule has 0 heterocycles. The zero-order valence-electron chi connectivity index (χ0n) is 9.50. The minimum absolute atomic E-state index is 0.0513. The van der Waals surface area contributed by atoms with Gasteiger partial charge in [-0.25, -0.2) is 8.78 Å². The summed E-state index contributed by atoms with van der Waals surface area (Å²) >= 11 is 0. The molecule has 0 aliphatic heterocycles. The van der Waals surface area contributed by atoms with Gasteiger partial charge in [0.05, 0.1) is 6.10 Å². The molecule has 0 radical (unpaired) electrons. The molecule has 0 amide bonds. The molecule has 0 aliphatic carbocycles. The molecule has 0 aromatic heterocycles. The van der Waals surface area contributed by atoms with Crippen LogP contribution in [-0.4, -0.2) is 17.9 Å². The van der Waals surface area contributed by atoms with Crippen LogP contribution in [0.5, 0.6) is 0 Å². The molecule has 0 bridgehead atoms. The van der Waals surface area contributed by atoms with Gasteiger partial charge < -0.3 is 4.74 Å². The number of carbonyl (C=O) groups excluding carboxylic acids is 2. The average molecular weight is 242 g/mol. The molecule has 17 heavy (non-hydrogen) atoms. The first-order valence-electron chi connectivity index (χ1n) is 5.08. The quantitative estimate of drug-likeness (QED) is 0.463. The first-order chi connectivity index (χ1) is 7.90. The molecule has 0 N–H and O–H groups in total. The maximum atomic E-state index is 12.8. The SMILES string of the molecule is CC(C)OC(=O)CC(=O)c1ccc(F)c(F)c1. The van der Waals surface area contributed by atoms with Crippen molar-refractivity contribution in [2.45, 2.75) is 26.4 Å². The first-order valence-corrected chi connectivity index (χ1v) is 5.08.